The van der Waals surface area contributed by atoms with Crippen molar-refractivity contribution >= 4 is 49.1 Å². The molecule has 0 aromatic heterocycles. The minimum absolute atomic E-state index is 0.934. The molecule has 0 aromatic carbocycles. The Labute approximate surface area is 106 Å². The molecule has 0 aromatic rings. The van der Waals surface area contributed by atoms with E-state index >= 15 is 0 Å². The Bertz CT molecular complexity index is 134. The number of nitrogens with zero attached hydrogens (tertiary/aromatic N) is 1. The zero-order valence-electron chi connectivity index (χ0n) is 8.58. The summed E-state index contributed by atoms with van der Waals surface area (Å²) in [5.41, 5.74) is 0. The van der Waals surface area contributed by atoms with Crippen LogP contribution in [-0.2, 0) is 0 Å². The van der Waals surface area contributed by atoms with Gasteiger partial charge in [-0.2, -0.15) is 0 Å². The Morgan fingerprint density at radius 3 is 2.00 bits per heavy atom. The Hall–Kier alpha value is 1.16. The van der Waals surface area contributed by atoms with Crippen molar-refractivity contribution in [2.24, 2.45) is 0 Å². The summed E-state index contributed by atoms with van der Waals surface area (Å²) in [7, 11) is 1.86. The summed E-state index contributed by atoms with van der Waals surface area (Å²) >= 11 is 6.27. The van der Waals surface area contributed by atoms with Gasteiger partial charge in [0.2, 0.25) is 0 Å². The predicted octanol–water partition coefficient (Wildman–Crippen LogP) is 2.99. The van der Waals surface area contributed by atoms with Crippen molar-refractivity contribution in [2.75, 3.05) is 13.1 Å². The van der Waals surface area contributed by atoms with Gasteiger partial charge in [-0.05, 0) is 0 Å². The molecular weight excluding hydrogens is 391 g/mol. The third-order valence-electron chi connectivity index (χ3n) is 1.92. The molecule has 0 aliphatic heterocycles. The maximum atomic E-state index is 5.33. The van der Waals surface area contributed by atoms with Gasteiger partial charge >= 0.3 is 107 Å². The van der Waals surface area contributed by atoms with Crippen LogP contribution in [0, 0.1) is 0 Å². The molecule has 0 aliphatic rings. The molecular formula is C9H18NS2Tl. The van der Waals surface area contributed by atoms with Crippen molar-refractivity contribution in [2.45, 2.75) is 39.5 Å². The molecule has 0 unspecified atom stereocenters. The monoisotopic (exact) mass is 409 g/mol. The van der Waals surface area contributed by atoms with Gasteiger partial charge in [-0.3, -0.25) is 0 Å². The van der Waals surface area contributed by atoms with E-state index < -0.39 is 0 Å². The predicted molar refractivity (Wildman–Crippen MR) is 67.3 cm³/mol. The quantitative estimate of drug-likeness (QED) is 0.491. The van der Waals surface area contributed by atoms with E-state index in [4.69, 9.17) is 12.2 Å². The van der Waals surface area contributed by atoms with E-state index in [1.165, 1.54) is 25.7 Å². The number of hydrogen-bond donors (Lipinski definition) is 0. The van der Waals surface area contributed by atoms with Crippen LogP contribution in [0.4, 0.5) is 0 Å². The van der Waals surface area contributed by atoms with Crippen molar-refractivity contribution in [3.63, 3.8) is 0 Å². The van der Waals surface area contributed by atoms with E-state index in [1.54, 1.807) is 0 Å². The molecule has 0 N–H and O–H groups in total. The summed E-state index contributed by atoms with van der Waals surface area (Å²) in [6, 6.07) is 0. The van der Waals surface area contributed by atoms with Crippen molar-refractivity contribution < 1.29 is 0 Å². The van der Waals surface area contributed by atoms with E-state index in [-0.39, 0.29) is 0 Å². The van der Waals surface area contributed by atoms with E-state index in [0.29, 0.717) is 0 Å². The molecule has 0 atom stereocenters. The van der Waals surface area contributed by atoms with Crippen LogP contribution in [0.25, 0.3) is 0 Å². The molecule has 0 rings (SSSR count). The van der Waals surface area contributed by atoms with Gasteiger partial charge in [-0.25, -0.2) is 0 Å². The average Bonchev–Trinajstić information content (AvgIpc) is 2.17. The molecule has 13 heavy (non-hydrogen) atoms. The number of thiocarbonyl (C=S) groups is 1. The van der Waals surface area contributed by atoms with Gasteiger partial charge in [0, 0.05) is 0 Å². The summed E-state index contributed by atoms with van der Waals surface area (Å²) in [5, 5.41) is 0. The van der Waals surface area contributed by atoms with Crippen LogP contribution in [0.1, 0.15) is 39.5 Å². The van der Waals surface area contributed by atoms with Gasteiger partial charge in [0.15, 0.2) is 0 Å². The minimum atomic E-state index is 0.934. The Kier molecular flexibility index (Phi) is 10.6. The Morgan fingerprint density at radius 1 is 1.23 bits per heavy atom. The first kappa shape index (κ1) is 14.2. The SMILES string of the molecule is CCCCN(CCCC)C(=S)[S][Tl]. The summed E-state index contributed by atoms with van der Waals surface area (Å²) in [5.74, 6) is 0. The molecule has 0 fully saturated rings. The van der Waals surface area contributed by atoms with Crippen LogP contribution >= 0.6 is 20.5 Å². The molecule has 0 saturated carbocycles. The van der Waals surface area contributed by atoms with E-state index in [9.17, 15) is 0 Å². The second-order valence-electron chi connectivity index (χ2n) is 3.08. The van der Waals surface area contributed by atoms with E-state index in [2.05, 4.69) is 18.7 Å². The van der Waals surface area contributed by atoms with Crippen molar-refractivity contribution in [3.05, 3.63) is 0 Å². The van der Waals surface area contributed by atoms with Gasteiger partial charge in [-0.15, -0.1) is 0 Å². The fourth-order valence-electron chi connectivity index (χ4n) is 1.07. The van der Waals surface area contributed by atoms with Gasteiger partial charge in [0.05, 0.1) is 0 Å². The Balaban J connectivity index is 3.79. The first-order valence-corrected chi connectivity index (χ1v) is 11.7. The average molecular weight is 409 g/mol. The van der Waals surface area contributed by atoms with E-state index in [0.717, 1.165) is 41.7 Å². The van der Waals surface area contributed by atoms with Crippen molar-refractivity contribution in [1.82, 2.24) is 4.90 Å². The molecule has 74 valence electrons. The molecule has 4 heteroatoms. The third-order valence-corrected chi connectivity index (χ3v) is 7.52. The fraction of sp³-hybridized carbons (Fsp3) is 0.889. The number of unbranched alkanes of at least 4 members (excludes halogenated alkanes) is 2. The molecule has 0 bridgehead atoms. The molecule has 0 spiro atoms. The zero-order valence-corrected chi connectivity index (χ0v) is 14.7. The zero-order chi connectivity index (χ0) is 10.1. The van der Waals surface area contributed by atoms with Crippen LogP contribution < -0.4 is 0 Å². The molecule has 0 heterocycles. The van der Waals surface area contributed by atoms with E-state index in [1.807, 2.05) is 8.31 Å². The topological polar surface area (TPSA) is 3.24 Å². The van der Waals surface area contributed by atoms with Crippen LogP contribution in [0.2, 0.25) is 0 Å². The molecule has 0 aliphatic carbocycles. The molecule has 0 saturated heterocycles. The number of rotatable bonds is 6. The first-order valence-electron chi connectivity index (χ1n) is 4.91. The molecule has 0 radical (unpaired) electrons. The summed E-state index contributed by atoms with van der Waals surface area (Å²) < 4.78 is 1.13. The number of hydrogen-bond acceptors (Lipinski definition) is 2. The van der Waals surface area contributed by atoms with Crippen LogP contribution in [0.5, 0.6) is 0 Å². The second-order valence-corrected chi connectivity index (χ2v) is 7.09. The van der Waals surface area contributed by atoms with Crippen LogP contribution in [-0.4, -0.2) is 46.6 Å². The van der Waals surface area contributed by atoms with Gasteiger partial charge < -0.3 is 0 Å². The van der Waals surface area contributed by atoms with Gasteiger partial charge in [0.1, 0.15) is 0 Å². The first-order chi connectivity index (χ1) is 6.26. The summed E-state index contributed by atoms with van der Waals surface area (Å²) in [6.45, 7) is 6.79. The Morgan fingerprint density at radius 2 is 1.69 bits per heavy atom. The van der Waals surface area contributed by atoms with Crippen LogP contribution in [0.15, 0.2) is 0 Å². The van der Waals surface area contributed by atoms with Crippen molar-refractivity contribution in [1.29, 1.82) is 0 Å². The third kappa shape index (κ3) is 7.13. The summed E-state index contributed by atoms with van der Waals surface area (Å²) in [4.78, 5) is 2.38. The standard InChI is InChI=1S/C9H19NS2.Tl/c1-3-5-7-10(9(11)12)8-6-4-2;/h3-8H2,1-2H3,(H,11,12);/q;+1/p-1. The molecule has 1 nitrogen and oxygen atoms in total. The van der Waals surface area contributed by atoms with Crippen molar-refractivity contribution in [3.8, 4) is 0 Å². The van der Waals surface area contributed by atoms with Gasteiger partial charge in [-0.1, -0.05) is 0 Å². The fourth-order valence-corrected chi connectivity index (χ4v) is 3.32. The summed E-state index contributed by atoms with van der Waals surface area (Å²) in [6.07, 6.45) is 5.07. The second kappa shape index (κ2) is 9.71. The molecule has 0 amide bonds. The van der Waals surface area contributed by atoms with Gasteiger partial charge in [0.25, 0.3) is 0 Å². The maximum absolute atomic E-state index is 5.33. The normalized spacial score (nSPS) is 9.92. The van der Waals surface area contributed by atoms with Crippen LogP contribution in [0.3, 0.4) is 0 Å².